The van der Waals surface area contributed by atoms with Gasteiger partial charge in [-0.25, -0.2) is 4.68 Å². The van der Waals surface area contributed by atoms with Crippen molar-refractivity contribution in [2.24, 2.45) is 0 Å². The summed E-state index contributed by atoms with van der Waals surface area (Å²) in [4.78, 5) is 27.5. The van der Waals surface area contributed by atoms with Crippen molar-refractivity contribution in [1.82, 2.24) is 14.7 Å². The molecule has 0 radical (unpaired) electrons. The SMILES string of the molecule is O=C(N1CCC(n2nc(C3CC3)ccc2=O)CC1)C1(c2ccccc2)CC1. The third-order valence-electron chi connectivity index (χ3n) is 6.42. The Morgan fingerprint density at radius 1 is 0.963 bits per heavy atom. The number of aromatic nitrogens is 2. The van der Waals surface area contributed by atoms with E-state index < -0.39 is 0 Å². The van der Waals surface area contributed by atoms with Crippen LogP contribution in [0.5, 0.6) is 0 Å². The molecular weight excluding hydrogens is 338 g/mol. The maximum absolute atomic E-state index is 13.2. The van der Waals surface area contributed by atoms with E-state index in [4.69, 9.17) is 0 Å². The highest BCUT2D eigenvalue weighted by Crippen LogP contribution is 2.50. The van der Waals surface area contributed by atoms with Crippen LogP contribution >= 0.6 is 0 Å². The number of likely N-dealkylation sites (tertiary alicyclic amines) is 1. The number of rotatable bonds is 4. The van der Waals surface area contributed by atoms with Gasteiger partial charge < -0.3 is 4.90 Å². The van der Waals surface area contributed by atoms with Crippen LogP contribution in [-0.4, -0.2) is 33.7 Å². The monoisotopic (exact) mass is 363 g/mol. The van der Waals surface area contributed by atoms with E-state index in [1.807, 2.05) is 29.2 Å². The molecule has 1 aliphatic heterocycles. The number of hydrogen-bond acceptors (Lipinski definition) is 3. The van der Waals surface area contributed by atoms with Gasteiger partial charge in [0.15, 0.2) is 0 Å². The fraction of sp³-hybridized carbons (Fsp3) is 0.500. The van der Waals surface area contributed by atoms with Gasteiger partial charge in [0, 0.05) is 25.1 Å². The average Bonchev–Trinajstić information content (AvgIpc) is 3.63. The van der Waals surface area contributed by atoms with E-state index in [0.717, 1.165) is 36.9 Å². The summed E-state index contributed by atoms with van der Waals surface area (Å²) in [5, 5.41) is 4.64. The van der Waals surface area contributed by atoms with Crippen molar-refractivity contribution >= 4 is 5.91 Å². The Morgan fingerprint density at radius 2 is 1.67 bits per heavy atom. The zero-order valence-electron chi connectivity index (χ0n) is 15.5. The Hall–Kier alpha value is -2.43. The molecule has 0 bridgehead atoms. The van der Waals surface area contributed by atoms with Gasteiger partial charge >= 0.3 is 0 Å². The van der Waals surface area contributed by atoms with E-state index in [-0.39, 0.29) is 22.9 Å². The zero-order chi connectivity index (χ0) is 18.4. The van der Waals surface area contributed by atoms with Crippen molar-refractivity contribution in [1.29, 1.82) is 0 Å². The normalized spacial score (nSPS) is 21.9. The van der Waals surface area contributed by atoms with Crippen molar-refractivity contribution in [2.45, 2.75) is 55.9 Å². The molecule has 0 unspecified atom stereocenters. The fourth-order valence-corrected chi connectivity index (χ4v) is 4.42. The lowest BCUT2D eigenvalue weighted by molar-refractivity contribution is -0.135. The molecular formula is C22H25N3O2. The van der Waals surface area contributed by atoms with Crippen LogP contribution in [0.4, 0.5) is 0 Å². The molecule has 1 aromatic heterocycles. The quantitative estimate of drug-likeness (QED) is 0.839. The van der Waals surface area contributed by atoms with Crippen LogP contribution in [0, 0.1) is 0 Å². The molecule has 1 saturated heterocycles. The number of carbonyl (C=O) groups excluding carboxylic acids is 1. The van der Waals surface area contributed by atoms with Crippen LogP contribution in [0.1, 0.15) is 61.7 Å². The number of benzene rings is 1. The summed E-state index contributed by atoms with van der Waals surface area (Å²) in [7, 11) is 0. The Bertz CT molecular complexity index is 905. The Balaban J connectivity index is 1.29. The molecule has 2 saturated carbocycles. The third kappa shape index (κ3) is 2.99. The van der Waals surface area contributed by atoms with Crippen molar-refractivity contribution in [3.05, 3.63) is 64.1 Å². The molecule has 3 aliphatic rings. The lowest BCUT2D eigenvalue weighted by Crippen LogP contribution is -2.45. The van der Waals surface area contributed by atoms with Crippen molar-refractivity contribution in [3.8, 4) is 0 Å². The molecule has 2 aromatic rings. The summed E-state index contributed by atoms with van der Waals surface area (Å²) >= 11 is 0. The molecule has 5 rings (SSSR count). The molecule has 5 heteroatoms. The second kappa shape index (κ2) is 6.32. The van der Waals surface area contributed by atoms with Gasteiger partial charge in [-0.1, -0.05) is 30.3 Å². The second-order valence-corrected chi connectivity index (χ2v) is 8.29. The highest BCUT2D eigenvalue weighted by atomic mass is 16.2. The topological polar surface area (TPSA) is 55.2 Å². The minimum absolute atomic E-state index is 0.0212. The molecule has 0 atom stereocenters. The van der Waals surface area contributed by atoms with Gasteiger partial charge in [-0.05, 0) is 50.2 Å². The highest BCUT2D eigenvalue weighted by molar-refractivity contribution is 5.91. The maximum Gasteiger partial charge on any atom is 0.267 e. The molecule has 0 spiro atoms. The first-order valence-corrected chi connectivity index (χ1v) is 10.1. The lowest BCUT2D eigenvalue weighted by atomic mass is 9.93. The largest absolute Gasteiger partial charge is 0.342 e. The smallest absolute Gasteiger partial charge is 0.267 e. The van der Waals surface area contributed by atoms with Crippen LogP contribution in [0.15, 0.2) is 47.3 Å². The summed E-state index contributed by atoms with van der Waals surface area (Å²) in [5.74, 6) is 0.804. The number of amides is 1. The minimum Gasteiger partial charge on any atom is -0.342 e. The van der Waals surface area contributed by atoms with E-state index in [2.05, 4.69) is 17.2 Å². The van der Waals surface area contributed by atoms with Gasteiger partial charge in [-0.15, -0.1) is 0 Å². The third-order valence-corrected chi connectivity index (χ3v) is 6.42. The number of piperidine rings is 1. The predicted octanol–water partition coefficient (Wildman–Crippen LogP) is 3.02. The summed E-state index contributed by atoms with van der Waals surface area (Å²) in [6.07, 6.45) is 5.86. The molecule has 2 aliphatic carbocycles. The van der Waals surface area contributed by atoms with Crippen molar-refractivity contribution < 1.29 is 4.79 Å². The number of hydrogen-bond donors (Lipinski definition) is 0. The van der Waals surface area contributed by atoms with Gasteiger partial charge in [-0.3, -0.25) is 9.59 Å². The Labute approximate surface area is 159 Å². The summed E-state index contributed by atoms with van der Waals surface area (Å²) in [6, 6.07) is 13.8. The van der Waals surface area contributed by atoms with E-state index in [0.29, 0.717) is 19.0 Å². The Morgan fingerprint density at radius 3 is 2.30 bits per heavy atom. The summed E-state index contributed by atoms with van der Waals surface area (Å²) in [5.41, 5.74) is 1.88. The molecule has 27 heavy (non-hydrogen) atoms. The predicted molar refractivity (Wildman–Crippen MR) is 103 cm³/mol. The van der Waals surface area contributed by atoms with Gasteiger partial charge in [0.25, 0.3) is 5.56 Å². The molecule has 1 aromatic carbocycles. The van der Waals surface area contributed by atoms with E-state index in [1.165, 1.54) is 12.8 Å². The van der Waals surface area contributed by atoms with Crippen molar-refractivity contribution in [2.75, 3.05) is 13.1 Å². The van der Waals surface area contributed by atoms with Crippen molar-refractivity contribution in [3.63, 3.8) is 0 Å². The van der Waals surface area contributed by atoms with Crippen LogP contribution < -0.4 is 5.56 Å². The Kier molecular flexibility index (Phi) is 3.92. The maximum atomic E-state index is 13.2. The first-order chi connectivity index (χ1) is 13.2. The van der Waals surface area contributed by atoms with Crippen LogP contribution in [0.3, 0.4) is 0 Å². The average molecular weight is 363 g/mol. The summed E-state index contributed by atoms with van der Waals surface area (Å²) in [6.45, 7) is 1.42. The van der Waals surface area contributed by atoms with Crippen LogP contribution in [0.25, 0.3) is 0 Å². The van der Waals surface area contributed by atoms with Crippen LogP contribution in [-0.2, 0) is 10.2 Å². The summed E-state index contributed by atoms with van der Waals surface area (Å²) < 4.78 is 1.68. The van der Waals surface area contributed by atoms with E-state index >= 15 is 0 Å². The van der Waals surface area contributed by atoms with Gasteiger partial charge in [0.2, 0.25) is 5.91 Å². The molecule has 140 valence electrons. The van der Waals surface area contributed by atoms with Crippen LogP contribution in [0.2, 0.25) is 0 Å². The van der Waals surface area contributed by atoms with Gasteiger partial charge in [0.05, 0.1) is 17.2 Å². The zero-order valence-corrected chi connectivity index (χ0v) is 15.5. The molecule has 5 nitrogen and oxygen atoms in total. The lowest BCUT2D eigenvalue weighted by Gasteiger charge is -2.34. The highest BCUT2D eigenvalue weighted by Gasteiger charge is 2.53. The molecule has 3 fully saturated rings. The molecule has 1 amide bonds. The minimum atomic E-state index is -0.297. The standard InChI is InChI=1S/C22H25N3O2/c26-20-9-8-19(16-6-7-16)23-25(20)18-10-14-24(15-11-18)21(27)22(12-13-22)17-4-2-1-3-5-17/h1-5,8-9,16,18H,6-7,10-15H2. The number of carbonyl (C=O) groups is 1. The van der Waals surface area contributed by atoms with E-state index in [1.54, 1.807) is 10.7 Å². The molecule has 2 heterocycles. The fourth-order valence-electron chi connectivity index (χ4n) is 4.42. The first kappa shape index (κ1) is 16.7. The van der Waals surface area contributed by atoms with E-state index in [9.17, 15) is 9.59 Å². The van der Waals surface area contributed by atoms with Gasteiger partial charge in [0.1, 0.15) is 0 Å². The second-order valence-electron chi connectivity index (χ2n) is 8.29. The number of nitrogens with zero attached hydrogens (tertiary/aromatic N) is 3. The molecule has 0 N–H and O–H groups in total. The van der Waals surface area contributed by atoms with Gasteiger partial charge in [-0.2, -0.15) is 5.10 Å². The first-order valence-electron chi connectivity index (χ1n) is 10.1.